The third kappa shape index (κ3) is 1.43. The number of hydrogen-bond donors (Lipinski definition) is 1. The Morgan fingerprint density at radius 3 is 3.00 bits per heavy atom. The number of nitrogens with zero attached hydrogens (tertiary/aromatic N) is 1. The van der Waals surface area contributed by atoms with Gasteiger partial charge < -0.3 is 10.6 Å². The standard InChI is InChI=1S/C11H11FN2O/c1-2-5-14-9-4-3-7(12)6-8(9)10(13)11(14)15/h2-4,6,10H,1,5,13H2/t10-/m0/s1. The van der Waals surface area contributed by atoms with Gasteiger partial charge in [-0.05, 0) is 18.2 Å². The number of hydrogen-bond acceptors (Lipinski definition) is 2. The highest BCUT2D eigenvalue weighted by Gasteiger charge is 2.34. The zero-order valence-corrected chi connectivity index (χ0v) is 8.11. The van der Waals surface area contributed by atoms with E-state index in [1.54, 1.807) is 12.1 Å². The first-order valence-corrected chi connectivity index (χ1v) is 4.62. The highest BCUT2D eigenvalue weighted by molar-refractivity contribution is 6.04. The number of rotatable bonds is 2. The first kappa shape index (κ1) is 9.86. The molecule has 1 aliphatic rings. The molecule has 1 amide bonds. The van der Waals surface area contributed by atoms with Crippen LogP contribution in [0.1, 0.15) is 11.6 Å². The molecule has 0 saturated carbocycles. The maximum atomic E-state index is 13.0. The highest BCUT2D eigenvalue weighted by Crippen LogP contribution is 2.34. The molecule has 2 N–H and O–H groups in total. The summed E-state index contributed by atoms with van der Waals surface area (Å²) in [6, 6.07) is 3.44. The molecule has 78 valence electrons. The number of anilines is 1. The molecule has 1 atom stereocenters. The summed E-state index contributed by atoms with van der Waals surface area (Å²) < 4.78 is 13.0. The van der Waals surface area contributed by atoms with Crippen LogP contribution in [-0.2, 0) is 4.79 Å². The van der Waals surface area contributed by atoms with Crippen LogP contribution in [0.3, 0.4) is 0 Å². The molecule has 1 aliphatic heterocycles. The van der Waals surface area contributed by atoms with E-state index in [1.807, 2.05) is 0 Å². The van der Waals surface area contributed by atoms with Crippen LogP contribution in [0.15, 0.2) is 30.9 Å². The van der Waals surface area contributed by atoms with E-state index >= 15 is 0 Å². The van der Waals surface area contributed by atoms with Crippen molar-refractivity contribution in [3.05, 3.63) is 42.2 Å². The lowest BCUT2D eigenvalue weighted by Gasteiger charge is -2.14. The number of carbonyl (C=O) groups is 1. The number of benzene rings is 1. The van der Waals surface area contributed by atoms with Gasteiger partial charge in [0.25, 0.3) is 0 Å². The Balaban J connectivity index is 2.50. The lowest BCUT2D eigenvalue weighted by atomic mass is 10.1. The van der Waals surface area contributed by atoms with Crippen molar-refractivity contribution in [2.75, 3.05) is 11.4 Å². The topological polar surface area (TPSA) is 46.3 Å². The van der Waals surface area contributed by atoms with E-state index in [0.717, 1.165) is 0 Å². The van der Waals surface area contributed by atoms with Gasteiger partial charge in [0.2, 0.25) is 5.91 Å². The van der Waals surface area contributed by atoms with Gasteiger partial charge in [-0.2, -0.15) is 0 Å². The van der Waals surface area contributed by atoms with Gasteiger partial charge in [0, 0.05) is 17.8 Å². The third-order valence-electron chi connectivity index (χ3n) is 2.46. The lowest BCUT2D eigenvalue weighted by Crippen LogP contribution is -2.31. The fraction of sp³-hybridized carbons (Fsp3) is 0.182. The van der Waals surface area contributed by atoms with Gasteiger partial charge in [0.05, 0.1) is 0 Å². The Labute approximate surface area is 87.0 Å². The molecule has 0 unspecified atom stereocenters. The molecular formula is C11H11FN2O. The molecule has 0 fully saturated rings. The lowest BCUT2D eigenvalue weighted by molar-refractivity contribution is -0.119. The third-order valence-corrected chi connectivity index (χ3v) is 2.46. The molecule has 0 aliphatic carbocycles. The minimum absolute atomic E-state index is 0.212. The Hall–Kier alpha value is -1.68. The minimum atomic E-state index is -0.754. The molecule has 1 aromatic rings. The molecule has 3 nitrogen and oxygen atoms in total. The molecule has 0 spiro atoms. The van der Waals surface area contributed by atoms with E-state index in [9.17, 15) is 9.18 Å². The molecule has 1 heterocycles. The molecule has 15 heavy (non-hydrogen) atoms. The van der Waals surface area contributed by atoms with Crippen molar-refractivity contribution < 1.29 is 9.18 Å². The van der Waals surface area contributed by atoms with Gasteiger partial charge in [0.15, 0.2) is 0 Å². The molecule has 0 saturated heterocycles. The summed E-state index contributed by atoms with van der Waals surface area (Å²) in [4.78, 5) is 13.2. The number of fused-ring (bicyclic) bond motifs is 1. The van der Waals surface area contributed by atoms with Crippen LogP contribution in [0.4, 0.5) is 10.1 Å². The largest absolute Gasteiger partial charge is 0.316 e. The zero-order valence-electron chi connectivity index (χ0n) is 8.11. The first-order chi connectivity index (χ1) is 7.15. The summed E-state index contributed by atoms with van der Waals surface area (Å²) in [5, 5.41) is 0. The monoisotopic (exact) mass is 206 g/mol. The van der Waals surface area contributed by atoms with Crippen molar-refractivity contribution in [3.63, 3.8) is 0 Å². The Morgan fingerprint density at radius 1 is 1.60 bits per heavy atom. The van der Waals surface area contributed by atoms with Crippen molar-refractivity contribution in [1.29, 1.82) is 0 Å². The quantitative estimate of drug-likeness (QED) is 0.742. The van der Waals surface area contributed by atoms with Crippen molar-refractivity contribution in [1.82, 2.24) is 0 Å². The van der Waals surface area contributed by atoms with Crippen LogP contribution < -0.4 is 10.6 Å². The number of halogens is 1. The minimum Gasteiger partial charge on any atom is -0.316 e. The fourth-order valence-electron chi connectivity index (χ4n) is 1.76. The predicted octanol–water partition coefficient (Wildman–Crippen LogP) is 1.36. The van der Waals surface area contributed by atoms with Gasteiger partial charge in [-0.25, -0.2) is 4.39 Å². The van der Waals surface area contributed by atoms with E-state index in [4.69, 9.17) is 5.73 Å². The van der Waals surface area contributed by atoms with E-state index in [0.29, 0.717) is 17.8 Å². The van der Waals surface area contributed by atoms with E-state index < -0.39 is 6.04 Å². The zero-order chi connectivity index (χ0) is 11.0. The van der Waals surface area contributed by atoms with Crippen molar-refractivity contribution >= 4 is 11.6 Å². The Morgan fingerprint density at radius 2 is 2.33 bits per heavy atom. The SMILES string of the molecule is C=CCN1C(=O)[C@@H](N)c2cc(F)ccc21. The maximum Gasteiger partial charge on any atom is 0.248 e. The molecule has 0 aromatic heterocycles. The molecule has 4 heteroatoms. The van der Waals surface area contributed by atoms with E-state index in [2.05, 4.69) is 6.58 Å². The first-order valence-electron chi connectivity index (χ1n) is 4.62. The van der Waals surface area contributed by atoms with Crippen LogP contribution in [0.25, 0.3) is 0 Å². The summed E-state index contributed by atoms with van der Waals surface area (Å²) in [5.41, 5.74) is 6.91. The van der Waals surface area contributed by atoms with Gasteiger partial charge in [0.1, 0.15) is 11.9 Å². The van der Waals surface area contributed by atoms with Gasteiger partial charge in [-0.1, -0.05) is 6.08 Å². The van der Waals surface area contributed by atoms with Crippen molar-refractivity contribution in [2.24, 2.45) is 5.73 Å². The summed E-state index contributed by atoms with van der Waals surface area (Å²) in [5.74, 6) is -0.590. The molecular weight excluding hydrogens is 195 g/mol. The van der Waals surface area contributed by atoms with Crippen LogP contribution >= 0.6 is 0 Å². The molecule has 2 rings (SSSR count). The smallest absolute Gasteiger partial charge is 0.248 e. The molecule has 1 aromatic carbocycles. The van der Waals surface area contributed by atoms with Crippen molar-refractivity contribution in [3.8, 4) is 0 Å². The summed E-state index contributed by atoms with van der Waals surface area (Å²) in [6.07, 6.45) is 1.61. The average molecular weight is 206 g/mol. The van der Waals surface area contributed by atoms with Crippen LogP contribution in [0, 0.1) is 5.82 Å². The van der Waals surface area contributed by atoms with Gasteiger partial charge in [-0.3, -0.25) is 4.79 Å². The summed E-state index contributed by atoms with van der Waals surface area (Å²) >= 11 is 0. The van der Waals surface area contributed by atoms with Gasteiger partial charge >= 0.3 is 0 Å². The Bertz CT molecular complexity index is 431. The highest BCUT2D eigenvalue weighted by atomic mass is 19.1. The van der Waals surface area contributed by atoms with Gasteiger partial charge in [-0.15, -0.1) is 6.58 Å². The average Bonchev–Trinajstić information content (AvgIpc) is 2.44. The molecule has 0 bridgehead atoms. The summed E-state index contributed by atoms with van der Waals surface area (Å²) in [6.45, 7) is 3.96. The summed E-state index contributed by atoms with van der Waals surface area (Å²) in [7, 11) is 0. The van der Waals surface area contributed by atoms with Crippen LogP contribution in [-0.4, -0.2) is 12.5 Å². The Kier molecular flexibility index (Phi) is 2.28. The second-order valence-electron chi connectivity index (χ2n) is 3.42. The predicted molar refractivity (Wildman–Crippen MR) is 55.9 cm³/mol. The number of carbonyl (C=O) groups excluding carboxylic acids is 1. The number of nitrogens with two attached hydrogens (primary N) is 1. The van der Waals surface area contributed by atoms with E-state index in [-0.39, 0.29) is 11.7 Å². The maximum absolute atomic E-state index is 13.0. The number of amides is 1. The second-order valence-corrected chi connectivity index (χ2v) is 3.42. The van der Waals surface area contributed by atoms with E-state index in [1.165, 1.54) is 17.0 Å². The van der Waals surface area contributed by atoms with Crippen LogP contribution in [0.5, 0.6) is 0 Å². The second kappa shape index (κ2) is 3.47. The normalized spacial score (nSPS) is 19.2. The molecule has 0 radical (unpaired) electrons. The fourth-order valence-corrected chi connectivity index (χ4v) is 1.76. The van der Waals surface area contributed by atoms with Crippen molar-refractivity contribution in [2.45, 2.75) is 6.04 Å². The van der Waals surface area contributed by atoms with Crippen LogP contribution in [0.2, 0.25) is 0 Å².